The van der Waals surface area contributed by atoms with Crippen molar-refractivity contribution in [2.24, 2.45) is 11.3 Å². The molecule has 8 heteroatoms. The van der Waals surface area contributed by atoms with Crippen molar-refractivity contribution in [2.45, 2.75) is 52.5 Å². The second-order valence-corrected chi connectivity index (χ2v) is 10.0. The lowest BCUT2D eigenvalue weighted by Gasteiger charge is -2.37. The van der Waals surface area contributed by atoms with Crippen LogP contribution < -0.4 is 5.32 Å². The van der Waals surface area contributed by atoms with Crippen LogP contribution in [0.3, 0.4) is 0 Å². The van der Waals surface area contributed by atoms with E-state index < -0.39 is 11.5 Å². The van der Waals surface area contributed by atoms with E-state index in [0.717, 1.165) is 6.42 Å². The minimum Gasteiger partial charge on any atom is -0.342 e. The maximum Gasteiger partial charge on any atom is 0.247 e. The van der Waals surface area contributed by atoms with E-state index >= 15 is 0 Å². The molecule has 3 amide bonds. The quantitative estimate of drug-likeness (QED) is 0.744. The molecule has 0 aliphatic carbocycles. The fourth-order valence-electron chi connectivity index (χ4n) is 4.19. The second-order valence-electron chi connectivity index (χ2n) is 9.15. The number of hydrogen-bond acceptors (Lipinski definition) is 3. The molecule has 1 aromatic carbocycles. The summed E-state index contributed by atoms with van der Waals surface area (Å²) in [6.45, 7) is 7.47. The highest BCUT2D eigenvalue weighted by Gasteiger charge is 2.39. The predicted octanol–water partition coefficient (Wildman–Crippen LogP) is 4.21. The Hall–Kier alpha value is -1.79. The summed E-state index contributed by atoms with van der Waals surface area (Å²) in [7, 11) is 0. The fraction of sp³-hybridized carbons (Fsp3) is 0.591. The van der Waals surface area contributed by atoms with Crippen LogP contribution in [0.15, 0.2) is 18.2 Å². The summed E-state index contributed by atoms with van der Waals surface area (Å²) in [5.41, 5.74) is 0.101. The van der Waals surface area contributed by atoms with Crippen molar-refractivity contribution in [3.63, 3.8) is 0 Å². The minimum atomic E-state index is -0.496. The van der Waals surface area contributed by atoms with Crippen molar-refractivity contribution in [1.29, 1.82) is 0 Å². The molecule has 2 saturated heterocycles. The van der Waals surface area contributed by atoms with E-state index in [-0.39, 0.29) is 23.6 Å². The van der Waals surface area contributed by atoms with Gasteiger partial charge in [0.05, 0.1) is 0 Å². The molecule has 0 saturated carbocycles. The molecule has 164 valence electrons. The zero-order valence-electron chi connectivity index (χ0n) is 17.7. The summed E-state index contributed by atoms with van der Waals surface area (Å²) in [6.07, 6.45) is 2.69. The number of amides is 3. The SMILES string of the molecule is CC(C)(C)C(=O)N1CCC(C(=O)N2CCCC2C(=O)Nc2cc(Cl)cc(Cl)c2)CC1. The number of carbonyl (C=O) groups excluding carboxylic acids is 3. The number of rotatable bonds is 3. The maximum atomic E-state index is 13.1. The molecule has 2 aliphatic rings. The average Bonchev–Trinajstić information content (AvgIpc) is 3.15. The zero-order chi connectivity index (χ0) is 22.1. The Bertz CT molecular complexity index is 809. The number of carbonyl (C=O) groups is 3. The van der Waals surface area contributed by atoms with Gasteiger partial charge in [-0.15, -0.1) is 0 Å². The van der Waals surface area contributed by atoms with Crippen LogP contribution in [0.25, 0.3) is 0 Å². The molecule has 0 aromatic heterocycles. The van der Waals surface area contributed by atoms with Crippen molar-refractivity contribution < 1.29 is 14.4 Å². The van der Waals surface area contributed by atoms with Gasteiger partial charge in [-0.25, -0.2) is 0 Å². The Morgan fingerprint density at radius 3 is 2.13 bits per heavy atom. The van der Waals surface area contributed by atoms with E-state index in [1.54, 1.807) is 23.1 Å². The molecule has 2 heterocycles. The Morgan fingerprint density at radius 2 is 1.57 bits per heavy atom. The first-order valence-corrected chi connectivity index (χ1v) is 11.2. The molecule has 1 atom stereocenters. The zero-order valence-corrected chi connectivity index (χ0v) is 19.2. The van der Waals surface area contributed by atoms with Crippen molar-refractivity contribution >= 4 is 46.6 Å². The normalized spacial score (nSPS) is 20.4. The summed E-state index contributed by atoms with van der Waals surface area (Å²) in [5, 5.41) is 3.71. The van der Waals surface area contributed by atoms with E-state index in [0.29, 0.717) is 54.6 Å². The molecule has 6 nitrogen and oxygen atoms in total. The van der Waals surface area contributed by atoms with Gasteiger partial charge >= 0.3 is 0 Å². The van der Waals surface area contributed by atoms with Gasteiger partial charge in [-0.2, -0.15) is 0 Å². The van der Waals surface area contributed by atoms with Crippen LogP contribution in [-0.4, -0.2) is 53.2 Å². The minimum absolute atomic E-state index is 0.0136. The van der Waals surface area contributed by atoms with Gasteiger partial charge in [0.1, 0.15) is 6.04 Å². The fourth-order valence-corrected chi connectivity index (χ4v) is 4.72. The molecule has 1 unspecified atom stereocenters. The Morgan fingerprint density at radius 1 is 0.967 bits per heavy atom. The van der Waals surface area contributed by atoms with Crippen molar-refractivity contribution in [3.05, 3.63) is 28.2 Å². The number of halogens is 2. The first kappa shape index (κ1) is 22.9. The summed E-state index contributed by atoms with van der Waals surface area (Å²) in [5.74, 6) is -0.241. The summed E-state index contributed by atoms with van der Waals surface area (Å²) in [6, 6.07) is 4.37. The molecule has 0 bridgehead atoms. The van der Waals surface area contributed by atoms with Crippen molar-refractivity contribution in [1.82, 2.24) is 9.80 Å². The van der Waals surface area contributed by atoms with Gasteiger partial charge in [0, 0.05) is 46.7 Å². The van der Waals surface area contributed by atoms with Crippen LogP contribution in [0.5, 0.6) is 0 Å². The van der Waals surface area contributed by atoms with Gasteiger partial charge in [-0.05, 0) is 43.9 Å². The lowest BCUT2D eigenvalue weighted by Crippen LogP contribution is -2.50. The van der Waals surface area contributed by atoms with Gasteiger partial charge in [0.15, 0.2) is 0 Å². The van der Waals surface area contributed by atoms with Crippen molar-refractivity contribution in [2.75, 3.05) is 25.0 Å². The monoisotopic (exact) mass is 453 g/mol. The number of anilines is 1. The third-order valence-electron chi connectivity index (χ3n) is 5.74. The second kappa shape index (κ2) is 9.15. The number of piperidine rings is 1. The van der Waals surface area contributed by atoms with E-state index in [1.165, 1.54) is 0 Å². The Balaban J connectivity index is 1.60. The third kappa shape index (κ3) is 5.27. The first-order valence-electron chi connectivity index (χ1n) is 10.4. The van der Waals surface area contributed by atoms with Crippen LogP contribution in [0.4, 0.5) is 5.69 Å². The average molecular weight is 454 g/mol. The van der Waals surface area contributed by atoms with Crippen LogP contribution in [0.1, 0.15) is 46.5 Å². The highest BCUT2D eigenvalue weighted by atomic mass is 35.5. The molecular formula is C22H29Cl2N3O3. The van der Waals surface area contributed by atoms with Gasteiger partial charge in [-0.1, -0.05) is 44.0 Å². The Labute approximate surface area is 187 Å². The van der Waals surface area contributed by atoms with Gasteiger partial charge in [-0.3, -0.25) is 14.4 Å². The van der Waals surface area contributed by atoms with Gasteiger partial charge in [0.25, 0.3) is 0 Å². The molecule has 0 spiro atoms. The molecule has 1 aromatic rings. The first-order chi connectivity index (χ1) is 14.1. The van der Waals surface area contributed by atoms with Crippen LogP contribution >= 0.6 is 23.2 Å². The maximum absolute atomic E-state index is 13.1. The highest BCUT2D eigenvalue weighted by molar-refractivity contribution is 6.35. The number of hydrogen-bond donors (Lipinski definition) is 1. The third-order valence-corrected chi connectivity index (χ3v) is 6.18. The number of nitrogens with zero attached hydrogens (tertiary/aromatic N) is 2. The summed E-state index contributed by atoms with van der Waals surface area (Å²) >= 11 is 12.0. The molecule has 2 fully saturated rings. The van der Waals surface area contributed by atoms with Gasteiger partial charge < -0.3 is 15.1 Å². The molecule has 2 aliphatic heterocycles. The molecule has 0 radical (unpaired) electrons. The van der Waals surface area contributed by atoms with Crippen LogP contribution in [-0.2, 0) is 14.4 Å². The van der Waals surface area contributed by atoms with Crippen LogP contribution in [0, 0.1) is 11.3 Å². The van der Waals surface area contributed by atoms with Crippen LogP contribution in [0.2, 0.25) is 10.0 Å². The summed E-state index contributed by atoms with van der Waals surface area (Å²) in [4.78, 5) is 42.0. The molecule has 30 heavy (non-hydrogen) atoms. The highest BCUT2D eigenvalue weighted by Crippen LogP contribution is 2.29. The topological polar surface area (TPSA) is 69.7 Å². The van der Waals surface area contributed by atoms with E-state index in [9.17, 15) is 14.4 Å². The molecular weight excluding hydrogens is 425 g/mol. The smallest absolute Gasteiger partial charge is 0.247 e. The largest absolute Gasteiger partial charge is 0.342 e. The number of likely N-dealkylation sites (tertiary alicyclic amines) is 2. The van der Waals surface area contributed by atoms with E-state index in [2.05, 4.69) is 5.32 Å². The lowest BCUT2D eigenvalue weighted by atomic mass is 9.90. The van der Waals surface area contributed by atoms with E-state index in [1.807, 2.05) is 25.7 Å². The standard InChI is InChI=1S/C22H29Cl2N3O3/c1-22(2,3)21(30)26-9-6-14(7-10-26)20(29)27-8-4-5-18(27)19(28)25-17-12-15(23)11-16(24)13-17/h11-14,18H,4-10H2,1-3H3,(H,25,28). The number of benzene rings is 1. The van der Waals surface area contributed by atoms with Crippen molar-refractivity contribution in [3.8, 4) is 0 Å². The summed E-state index contributed by atoms with van der Waals surface area (Å²) < 4.78 is 0. The predicted molar refractivity (Wildman–Crippen MR) is 119 cm³/mol. The molecule has 1 N–H and O–H groups in total. The lowest BCUT2D eigenvalue weighted by molar-refractivity contribution is -0.146. The number of nitrogens with one attached hydrogen (secondary N) is 1. The van der Waals surface area contributed by atoms with E-state index in [4.69, 9.17) is 23.2 Å². The molecule has 3 rings (SSSR count). The van der Waals surface area contributed by atoms with Gasteiger partial charge in [0.2, 0.25) is 17.7 Å². The Kier molecular flexibility index (Phi) is 6.98.